The average molecular weight is 169 g/mol. The van der Waals surface area contributed by atoms with Gasteiger partial charge in [-0.25, -0.2) is 0 Å². The fraction of sp³-hybridized carbons (Fsp3) is 0.250. The minimum Gasteiger partial charge on any atom is -0.264 e. The van der Waals surface area contributed by atoms with E-state index in [-0.39, 0.29) is 0 Å². The van der Waals surface area contributed by atoms with E-state index in [1.54, 1.807) is 5.56 Å². The zero-order valence-electron chi connectivity index (χ0n) is 7.46. The van der Waals surface area contributed by atoms with Crippen LogP contribution in [0.1, 0.15) is 17.5 Å². The van der Waals surface area contributed by atoms with Gasteiger partial charge in [-0.2, -0.15) is 0 Å². The second-order valence-electron chi connectivity index (χ2n) is 3.70. The van der Waals surface area contributed by atoms with Crippen LogP contribution in [0.25, 0.3) is 10.8 Å². The van der Waals surface area contributed by atoms with Crippen LogP contribution >= 0.6 is 0 Å². The van der Waals surface area contributed by atoms with E-state index in [1.165, 1.54) is 35.6 Å². The molecule has 0 radical (unpaired) electrons. The van der Waals surface area contributed by atoms with Crippen LogP contribution in [0.2, 0.25) is 0 Å². The Hall–Kier alpha value is -1.37. The van der Waals surface area contributed by atoms with Crippen molar-refractivity contribution in [1.82, 2.24) is 4.98 Å². The van der Waals surface area contributed by atoms with E-state index < -0.39 is 0 Å². The quantitative estimate of drug-likeness (QED) is 0.591. The van der Waals surface area contributed by atoms with E-state index in [2.05, 4.69) is 23.2 Å². The van der Waals surface area contributed by atoms with Crippen LogP contribution in [-0.2, 0) is 12.8 Å². The van der Waals surface area contributed by atoms with Crippen molar-refractivity contribution in [3.8, 4) is 0 Å². The highest BCUT2D eigenvalue weighted by Crippen LogP contribution is 2.26. The van der Waals surface area contributed by atoms with Gasteiger partial charge in [-0.15, -0.1) is 0 Å². The largest absolute Gasteiger partial charge is 0.264 e. The molecule has 1 nitrogen and oxygen atoms in total. The summed E-state index contributed by atoms with van der Waals surface area (Å²) in [6.45, 7) is 0. The molecule has 64 valence electrons. The molecule has 0 aliphatic heterocycles. The molecule has 1 aliphatic carbocycles. The Labute approximate surface area is 77.4 Å². The van der Waals surface area contributed by atoms with Gasteiger partial charge in [0.15, 0.2) is 0 Å². The van der Waals surface area contributed by atoms with E-state index in [9.17, 15) is 0 Å². The molecular formula is C12H11N. The number of rotatable bonds is 0. The van der Waals surface area contributed by atoms with Gasteiger partial charge in [-0.05, 0) is 47.9 Å². The van der Waals surface area contributed by atoms with E-state index in [0.29, 0.717) is 0 Å². The third kappa shape index (κ3) is 1.04. The van der Waals surface area contributed by atoms with Gasteiger partial charge in [-0.3, -0.25) is 4.98 Å². The molecule has 0 saturated heterocycles. The zero-order valence-corrected chi connectivity index (χ0v) is 7.46. The summed E-state index contributed by atoms with van der Waals surface area (Å²) in [5, 5.41) is 2.61. The first-order valence-electron chi connectivity index (χ1n) is 4.79. The van der Waals surface area contributed by atoms with Gasteiger partial charge in [-0.1, -0.05) is 6.07 Å². The number of benzene rings is 1. The number of aryl methyl sites for hydroxylation is 2. The lowest BCUT2D eigenvalue weighted by atomic mass is 10.1. The molecule has 13 heavy (non-hydrogen) atoms. The van der Waals surface area contributed by atoms with Crippen molar-refractivity contribution < 1.29 is 0 Å². The van der Waals surface area contributed by atoms with Crippen LogP contribution in [-0.4, -0.2) is 4.98 Å². The van der Waals surface area contributed by atoms with Crippen molar-refractivity contribution >= 4 is 10.8 Å². The maximum atomic E-state index is 4.14. The molecule has 1 aliphatic rings. The maximum Gasteiger partial charge on any atom is 0.0346 e. The molecule has 1 heterocycles. The standard InChI is InChI=1S/C12H11N/c1-2-9-6-11-4-5-13-8-12(11)7-10(9)3-1/h4-8H,1-3H2. The van der Waals surface area contributed by atoms with Gasteiger partial charge in [0.25, 0.3) is 0 Å². The Morgan fingerprint density at radius 3 is 2.62 bits per heavy atom. The second-order valence-corrected chi connectivity index (χ2v) is 3.70. The zero-order chi connectivity index (χ0) is 8.67. The van der Waals surface area contributed by atoms with Gasteiger partial charge < -0.3 is 0 Å². The highest BCUT2D eigenvalue weighted by Gasteiger charge is 2.10. The highest BCUT2D eigenvalue weighted by molar-refractivity contribution is 5.83. The first-order valence-corrected chi connectivity index (χ1v) is 4.79. The van der Waals surface area contributed by atoms with Crippen molar-refractivity contribution in [3.05, 3.63) is 41.7 Å². The highest BCUT2D eigenvalue weighted by atomic mass is 14.6. The second kappa shape index (κ2) is 2.56. The summed E-state index contributed by atoms with van der Waals surface area (Å²) in [6.07, 6.45) is 7.64. The van der Waals surface area contributed by atoms with Crippen LogP contribution in [0.3, 0.4) is 0 Å². The van der Waals surface area contributed by atoms with Crippen molar-refractivity contribution in [2.24, 2.45) is 0 Å². The third-order valence-electron chi connectivity index (χ3n) is 2.85. The Kier molecular flexibility index (Phi) is 1.39. The number of aromatic nitrogens is 1. The molecule has 0 saturated carbocycles. The van der Waals surface area contributed by atoms with E-state index in [4.69, 9.17) is 0 Å². The summed E-state index contributed by atoms with van der Waals surface area (Å²) in [5.74, 6) is 0. The number of hydrogen-bond donors (Lipinski definition) is 0. The predicted molar refractivity (Wildman–Crippen MR) is 53.8 cm³/mol. The summed E-state index contributed by atoms with van der Waals surface area (Å²) >= 11 is 0. The topological polar surface area (TPSA) is 12.9 Å². The monoisotopic (exact) mass is 169 g/mol. The number of pyridine rings is 1. The Morgan fingerprint density at radius 2 is 1.77 bits per heavy atom. The fourth-order valence-electron chi connectivity index (χ4n) is 2.17. The lowest BCUT2D eigenvalue weighted by molar-refractivity contribution is 0.912. The third-order valence-corrected chi connectivity index (χ3v) is 2.85. The van der Waals surface area contributed by atoms with Gasteiger partial charge in [0.05, 0.1) is 0 Å². The molecular weight excluding hydrogens is 158 g/mol. The van der Waals surface area contributed by atoms with Crippen molar-refractivity contribution in [1.29, 1.82) is 0 Å². The first kappa shape index (κ1) is 7.07. The lowest BCUT2D eigenvalue weighted by Crippen LogP contribution is -1.83. The molecule has 2 aromatic rings. The molecule has 0 atom stereocenters. The van der Waals surface area contributed by atoms with E-state index in [0.717, 1.165) is 0 Å². The SMILES string of the molecule is c1cc2cc3c(cc2cn1)CCC3. The smallest absolute Gasteiger partial charge is 0.0346 e. The molecule has 1 heteroatoms. The van der Waals surface area contributed by atoms with E-state index >= 15 is 0 Å². The van der Waals surface area contributed by atoms with Crippen LogP contribution in [0.4, 0.5) is 0 Å². The Balaban J connectivity index is 2.36. The summed E-state index contributed by atoms with van der Waals surface area (Å²) in [5.41, 5.74) is 3.07. The van der Waals surface area contributed by atoms with Gasteiger partial charge >= 0.3 is 0 Å². The molecule has 3 rings (SSSR count). The summed E-state index contributed by atoms with van der Waals surface area (Å²) < 4.78 is 0. The molecule has 0 fully saturated rings. The van der Waals surface area contributed by atoms with Gasteiger partial charge in [0, 0.05) is 17.8 Å². The Morgan fingerprint density at radius 1 is 1.00 bits per heavy atom. The van der Waals surface area contributed by atoms with Crippen molar-refractivity contribution in [2.75, 3.05) is 0 Å². The van der Waals surface area contributed by atoms with Crippen LogP contribution in [0.5, 0.6) is 0 Å². The summed E-state index contributed by atoms with van der Waals surface area (Å²) in [7, 11) is 0. The van der Waals surface area contributed by atoms with Crippen LogP contribution < -0.4 is 0 Å². The average Bonchev–Trinajstić information content (AvgIpc) is 2.61. The van der Waals surface area contributed by atoms with Crippen molar-refractivity contribution in [3.63, 3.8) is 0 Å². The summed E-state index contributed by atoms with van der Waals surface area (Å²) in [6, 6.07) is 6.71. The molecule has 1 aromatic carbocycles. The normalized spacial score (nSPS) is 14.8. The summed E-state index contributed by atoms with van der Waals surface area (Å²) in [4.78, 5) is 4.14. The van der Waals surface area contributed by atoms with Crippen LogP contribution in [0, 0.1) is 0 Å². The number of fused-ring (bicyclic) bond motifs is 2. The number of hydrogen-bond acceptors (Lipinski definition) is 1. The lowest BCUT2D eigenvalue weighted by Gasteiger charge is -2.01. The molecule has 0 unspecified atom stereocenters. The first-order chi connectivity index (χ1) is 6.43. The molecule has 0 bridgehead atoms. The molecule has 0 amide bonds. The van der Waals surface area contributed by atoms with Gasteiger partial charge in [0.1, 0.15) is 0 Å². The Bertz CT molecular complexity index is 417. The molecule has 0 N–H and O–H groups in total. The van der Waals surface area contributed by atoms with Crippen LogP contribution in [0.15, 0.2) is 30.6 Å². The predicted octanol–water partition coefficient (Wildman–Crippen LogP) is 2.72. The fourth-order valence-corrected chi connectivity index (χ4v) is 2.17. The van der Waals surface area contributed by atoms with Crippen molar-refractivity contribution in [2.45, 2.75) is 19.3 Å². The maximum absolute atomic E-state index is 4.14. The molecule has 0 spiro atoms. The van der Waals surface area contributed by atoms with Gasteiger partial charge in [0.2, 0.25) is 0 Å². The number of nitrogens with zero attached hydrogens (tertiary/aromatic N) is 1. The minimum atomic E-state index is 1.25. The minimum absolute atomic E-state index is 1.25. The van der Waals surface area contributed by atoms with E-state index in [1.807, 2.05) is 12.4 Å². The molecule has 1 aromatic heterocycles.